The summed E-state index contributed by atoms with van der Waals surface area (Å²) in [5.41, 5.74) is 6.09. The van der Waals surface area contributed by atoms with Crippen molar-refractivity contribution in [1.82, 2.24) is 4.90 Å². The first kappa shape index (κ1) is 18.9. The van der Waals surface area contributed by atoms with E-state index in [9.17, 15) is 14.4 Å². The van der Waals surface area contributed by atoms with E-state index in [1.165, 1.54) is 0 Å². The summed E-state index contributed by atoms with van der Waals surface area (Å²) in [6.07, 6.45) is 1.69. The molecule has 0 aliphatic carbocycles. The molecule has 7 nitrogen and oxygen atoms in total. The number of nitrogens with zero attached hydrogens (tertiary/aromatic N) is 1. The molecule has 2 rings (SSSR count). The molecule has 1 aromatic carbocycles. The highest BCUT2D eigenvalue weighted by Gasteiger charge is 2.30. The number of benzene rings is 1. The molecule has 1 aromatic rings. The normalized spacial score (nSPS) is 17.3. The fourth-order valence-corrected chi connectivity index (χ4v) is 2.56. The zero-order chi connectivity index (χ0) is 16.1. The molecule has 1 aliphatic rings. The van der Waals surface area contributed by atoms with Gasteiger partial charge in [-0.1, -0.05) is 0 Å². The molecule has 0 bridgehead atoms. The lowest BCUT2D eigenvalue weighted by atomic mass is 10.2. The Labute approximate surface area is 140 Å². The van der Waals surface area contributed by atoms with Gasteiger partial charge in [0.2, 0.25) is 11.8 Å². The average Bonchev–Trinajstić information content (AvgIpc) is 2.94. The number of aliphatic carboxylic acids is 1. The second kappa shape index (κ2) is 8.50. The highest BCUT2D eigenvalue weighted by Crippen LogP contribution is 2.17. The second-order valence-corrected chi connectivity index (χ2v) is 5.27. The number of hydrogen-bond acceptors (Lipinski definition) is 4. The molecule has 1 atom stereocenters. The van der Waals surface area contributed by atoms with E-state index in [-0.39, 0.29) is 24.7 Å². The first-order valence-electron chi connectivity index (χ1n) is 7.14. The van der Waals surface area contributed by atoms with Gasteiger partial charge in [-0.3, -0.25) is 19.3 Å². The van der Waals surface area contributed by atoms with Gasteiger partial charge in [-0.25, -0.2) is 0 Å². The van der Waals surface area contributed by atoms with Crippen molar-refractivity contribution in [2.24, 2.45) is 5.73 Å². The van der Waals surface area contributed by atoms with Crippen LogP contribution in [0.25, 0.3) is 0 Å². The summed E-state index contributed by atoms with van der Waals surface area (Å²) in [4.78, 5) is 35.7. The van der Waals surface area contributed by atoms with Gasteiger partial charge in [0.1, 0.15) is 6.04 Å². The minimum Gasteiger partial charge on any atom is -0.480 e. The van der Waals surface area contributed by atoms with Crippen molar-refractivity contribution in [3.8, 4) is 0 Å². The van der Waals surface area contributed by atoms with Crippen LogP contribution in [0.15, 0.2) is 24.3 Å². The Morgan fingerprint density at radius 1 is 1.26 bits per heavy atom. The molecule has 1 fully saturated rings. The molecule has 4 N–H and O–H groups in total. The minimum absolute atomic E-state index is 0. The Balaban J connectivity index is 0.00000264. The maximum absolute atomic E-state index is 11.9. The SMILES string of the molecule is Cl.NC(=O)c1ccc(NC(=O)CCN2CCCC2C(=O)O)cc1. The smallest absolute Gasteiger partial charge is 0.320 e. The molecular weight excluding hydrogens is 322 g/mol. The van der Waals surface area contributed by atoms with Crippen LogP contribution in [-0.4, -0.2) is 46.9 Å². The monoisotopic (exact) mass is 341 g/mol. The van der Waals surface area contributed by atoms with Crippen LogP contribution in [-0.2, 0) is 9.59 Å². The number of carboxylic acid groups (broad SMARTS) is 1. The first-order chi connectivity index (χ1) is 10.5. The van der Waals surface area contributed by atoms with Crippen LogP contribution in [0.1, 0.15) is 29.6 Å². The number of nitrogens with one attached hydrogen (secondary N) is 1. The van der Waals surface area contributed by atoms with Gasteiger partial charge in [0.05, 0.1) is 0 Å². The highest BCUT2D eigenvalue weighted by molar-refractivity contribution is 5.94. The number of nitrogens with two attached hydrogens (primary N) is 1. The lowest BCUT2D eigenvalue weighted by Gasteiger charge is -2.20. The Morgan fingerprint density at radius 2 is 1.91 bits per heavy atom. The quantitative estimate of drug-likeness (QED) is 0.716. The third-order valence-corrected chi connectivity index (χ3v) is 3.73. The van der Waals surface area contributed by atoms with Crippen molar-refractivity contribution in [2.45, 2.75) is 25.3 Å². The molecule has 1 heterocycles. The largest absolute Gasteiger partial charge is 0.480 e. The Hall–Kier alpha value is -2.12. The number of carbonyl (C=O) groups excluding carboxylic acids is 2. The number of carboxylic acids is 1. The first-order valence-corrected chi connectivity index (χ1v) is 7.14. The summed E-state index contributed by atoms with van der Waals surface area (Å²) in [6.45, 7) is 1.12. The summed E-state index contributed by atoms with van der Waals surface area (Å²) in [7, 11) is 0. The number of halogens is 1. The molecule has 126 valence electrons. The van der Waals surface area contributed by atoms with E-state index in [1.807, 2.05) is 4.90 Å². The maximum atomic E-state index is 11.9. The number of amides is 2. The van der Waals surface area contributed by atoms with Crippen LogP contribution < -0.4 is 11.1 Å². The van der Waals surface area contributed by atoms with Crippen molar-refractivity contribution < 1.29 is 19.5 Å². The Bertz CT molecular complexity index is 577. The predicted octanol–water partition coefficient (Wildman–Crippen LogP) is 1.08. The van der Waals surface area contributed by atoms with Gasteiger partial charge < -0.3 is 16.2 Å². The Morgan fingerprint density at radius 3 is 2.48 bits per heavy atom. The summed E-state index contributed by atoms with van der Waals surface area (Å²) in [5, 5.41) is 11.8. The summed E-state index contributed by atoms with van der Waals surface area (Å²) in [6, 6.07) is 5.81. The van der Waals surface area contributed by atoms with Gasteiger partial charge in [0.25, 0.3) is 0 Å². The lowest BCUT2D eigenvalue weighted by molar-refractivity contribution is -0.142. The van der Waals surface area contributed by atoms with Gasteiger partial charge >= 0.3 is 5.97 Å². The molecule has 23 heavy (non-hydrogen) atoms. The van der Waals surface area contributed by atoms with E-state index in [0.29, 0.717) is 30.8 Å². The van der Waals surface area contributed by atoms with E-state index in [1.54, 1.807) is 24.3 Å². The molecule has 0 saturated carbocycles. The molecule has 1 saturated heterocycles. The average molecular weight is 342 g/mol. The van der Waals surface area contributed by atoms with Gasteiger partial charge in [0, 0.05) is 24.2 Å². The molecule has 1 aliphatic heterocycles. The van der Waals surface area contributed by atoms with E-state index in [0.717, 1.165) is 6.42 Å². The molecule has 8 heteroatoms. The van der Waals surface area contributed by atoms with Gasteiger partial charge in [-0.2, -0.15) is 0 Å². The lowest BCUT2D eigenvalue weighted by Crippen LogP contribution is -2.37. The third kappa shape index (κ3) is 5.22. The predicted molar refractivity (Wildman–Crippen MR) is 87.7 cm³/mol. The van der Waals surface area contributed by atoms with Crippen molar-refractivity contribution >= 4 is 35.9 Å². The van der Waals surface area contributed by atoms with Crippen molar-refractivity contribution in [3.05, 3.63) is 29.8 Å². The van der Waals surface area contributed by atoms with Crippen molar-refractivity contribution in [2.75, 3.05) is 18.4 Å². The van der Waals surface area contributed by atoms with E-state index in [4.69, 9.17) is 10.8 Å². The van der Waals surface area contributed by atoms with Crippen LogP contribution in [0.4, 0.5) is 5.69 Å². The zero-order valence-corrected chi connectivity index (χ0v) is 13.3. The van der Waals surface area contributed by atoms with E-state index >= 15 is 0 Å². The van der Waals surface area contributed by atoms with Crippen molar-refractivity contribution in [3.63, 3.8) is 0 Å². The summed E-state index contributed by atoms with van der Waals surface area (Å²) < 4.78 is 0. The van der Waals surface area contributed by atoms with Crippen molar-refractivity contribution in [1.29, 1.82) is 0 Å². The third-order valence-electron chi connectivity index (χ3n) is 3.73. The number of anilines is 1. The van der Waals surface area contributed by atoms with Gasteiger partial charge in [0.15, 0.2) is 0 Å². The second-order valence-electron chi connectivity index (χ2n) is 5.27. The van der Waals surface area contributed by atoms with Crippen LogP contribution >= 0.6 is 12.4 Å². The molecular formula is C15H20ClN3O4. The zero-order valence-electron chi connectivity index (χ0n) is 12.5. The fraction of sp³-hybridized carbons (Fsp3) is 0.400. The number of primary amides is 1. The maximum Gasteiger partial charge on any atom is 0.320 e. The topological polar surface area (TPSA) is 113 Å². The number of carbonyl (C=O) groups is 3. The molecule has 0 spiro atoms. The number of likely N-dealkylation sites (tertiary alicyclic amines) is 1. The number of rotatable bonds is 6. The highest BCUT2D eigenvalue weighted by atomic mass is 35.5. The van der Waals surface area contributed by atoms with Crippen LogP contribution in [0.5, 0.6) is 0 Å². The fourth-order valence-electron chi connectivity index (χ4n) is 2.56. The van der Waals surface area contributed by atoms with Crippen LogP contribution in [0.3, 0.4) is 0 Å². The minimum atomic E-state index is -0.833. The summed E-state index contributed by atoms with van der Waals surface area (Å²) >= 11 is 0. The molecule has 1 unspecified atom stereocenters. The Kier molecular flexibility index (Phi) is 6.99. The molecule has 2 amide bonds. The molecule has 0 aromatic heterocycles. The molecule has 0 radical (unpaired) electrons. The van der Waals surface area contributed by atoms with E-state index < -0.39 is 17.9 Å². The van der Waals surface area contributed by atoms with Crippen LogP contribution in [0, 0.1) is 0 Å². The standard InChI is InChI=1S/C15H19N3O4.ClH/c16-14(20)10-3-5-11(6-4-10)17-13(19)7-9-18-8-1-2-12(18)15(21)22;/h3-6,12H,1-2,7-9H2,(H2,16,20)(H,17,19)(H,21,22);1H. The van der Waals surface area contributed by atoms with Crippen LogP contribution in [0.2, 0.25) is 0 Å². The van der Waals surface area contributed by atoms with Gasteiger partial charge in [-0.05, 0) is 43.7 Å². The van der Waals surface area contributed by atoms with Gasteiger partial charge in [-0.15, -0.1) is 12.4 Å². The summed E-state index contributed by atoms with van der Waals surface area (Å²) in [5.74, 6) is -1.55. The van der Waals surface area contributed by atoms with E-state index in [2.05, 4.69) is 5.32 Å². The number of hydrogen-bond donors (Lipinski definition) is 3.